The van der Waals surface area contributed by atoms with Crippen LogP contribution >= 0.6 is 0 Å². The molecule has 3 amide bonds. The van der Waals surface area contributed by atoms with Gasteiger partial charge in [-0.05, 0) is 37.6 Å². The molecule has 1 N–H and O–H groups in total. The topological polar surface area (TPSA) is 166 Å². The second kappa shape index (κ2) is 10.0. The van der Waals surface area contributed by atoms with Gasteiger partial charge < -0.3 is 14.5 Å². The molecule has 3 aromatic rings. The molecule has 190 valence electrons. The van der Waals surface area contributed by atoms with E-state index in [-0.39, 0.29) is 47.0 Å². The molecular weight excluding hydrogens is 486 g/mol. The highest BCUT2D eigenvalue weighted by Crippen LogP contribution is 2.31. The molecule has 1 aromatic heterocycles. The summed E-state index contributed by atoms with van der Waals surface area (Å²) in [6.07, 6.45) is 0.308. The van der Waals surface area contributed by atoms with Crippen LogP contribution in [0.3, 0.4) is 0 Å². The van der Waals surface area contributed by atoms with E-state index in [1.807, 2.05) is 6.92 Å². The van der Waals surface area contributed by atoms with Crippen LogP contribution in [-0.2, 0) is 4.79 Å². The van der Waals surface area contributed by atoms with Gasteiger partial charge in [-0.15, -0.1) is 0 Å². The van der Waals surface area contributed by atoms with Crippen molar-refractivity contribution in [3.8, 4) is 5.75 Å². The molecule has 0 fully saturated rings. The number of nitrogens with one attached hydrogen (secondary N) is 1. The quantitative estimate of drug-likeness (QED) is 0.120. The van der Waals surface area contributed by atoms with E-state index in [2.05, 4.69) is 5.32 Å². The highest BCUT2D eigenvalue weighted by Gasteiger charge is 2.40. The Morgan fingerprint density at radius 3 is 2.59 bits per heavy atom. The monoisotopic (exact) mass is 507 g/mol. The summed E-state index contributed by atoms with van der Waals surface area (Å²) in [6, 6.07) is 9.23. The van der Waals surface area contributed by atoms with Crippen molar-refractivity contribution >= 4 is 40.3 Å². The van der Waals surface area contributed by atoms with Gasteiger partial charge in [0, 0.05) is 30.1 Å². The largest absolute Gasteiger partial charge is 0.426 e. The van der Waals surface area contributed by atoms with Crippen molar-refractivity contribution in [3.05, 3.63) is 79.7 Å². The fourth-order valence-electron chi connectivity index (χ4n) is 3.77. The van der Waals surface area contributed by atoms with Crippen LogP contribution in [0.2, 0.25) is 0 Å². The molecule has 1 aliphatic heterocycles. The number of carbonyl (C=O) groups excluding carboxylic acids is 4. The second-order valence-electron chi connectivity index (χ2n) is 8.37. The molecule has 2 aromatic carbocycles. The zero-order valence-corrected chi connectivity index (χ0v) is 19.8. The summed E-state index contributed by atoms with van der Waals surface area (Å²) in [4.78, 5) is 73.4. The number of carbonyl (C=O) groups is 4. The standard InChI is InChI=1S/C25H21N3O9/c1-3-13(2)26-22(30)17-11-14-7-8-15(12-19(14)37-25(17)33)36-20(29)9-10-27-23(31)16-5-4-6-18(28(34)35)21(16)24(27)32/h4-8,11-13H,3,9-10H2,1-2H3,(H,26,30). The Kier molecular flexibility index (Phi) is 6.83. The summed E-state index contributed by atoms with van der Waals surface area (Å²) in [5, 5.41) is 14.3. The second-order valence-corrected chi connectivity index (χ2v) is 8.37. The number of benzene rings is 2. The summed E-state index contributed by atoms with van der Waals surface area (Å²) < 4.78 is 10.5. The third-order valence-electron chi connectivity index (χ3n) is 5.89. The van der Waals surface area contributed by atoms with Crippen molar-refractivity contribution in [2.24, 2.45) is 0 Å². The number of hydrogen-bond donors (Lipinski definition) is 1. The smallest absolute Gasteiger partial charge is 0.349 e. The van der Waals surface area contributed by atoms with E-state index < -0.39 is 39.9 Å². The number of ether oxygens (including phenoxy) is 1. The molecule has 0 saturated heterocycles. The first-order valence-electron chi connectivity index (χ1n) is 11.3. The predicted molar refractivity (Wildman–Crippen MR) is 128 cm³/mol. The molecule has 12 heteroatoms. The van der Waals surface area contributed by atoms with Gasteiger partial charge in [-0.1, -0.05) is 13.0 Å². The normalized spacial score (nSPS) is 13.4. The van der Waals surface area contributed by atoms with Crippen molar-refractivity contribution in [2.45, 2.75) is 32.7 Å². The number of hydrogen-bond acceptors (Lipinski definition) is 9. The zero-order valence-electron chi connectivity index (χ0n) is 19.8. The van der Waals surface area contributed by atoms with E-state index in [9.17, 15) is 34.1 Å². The van der Waals surface area contributed by atoms with Crippen LogP contribution in [-0.4, -0.2) is 46.1 Å². The Morgan fingerprint density at radius 1 is 1.14 bits per heavy atom. The van der Waals surface area contributed by atoms with Gasteiger partial charge in [-0.3, -0.25) is 34.2 Å². The summed E-state index contributed by atoms with van der Waals surface area (Å²) in [6.45, 7) is 3.35. The van der Waals surface area contributed by atoms with Crippen LogP contribution < -0.4 is 15.7 Å². The van der Waals surface area contributed by atoms with Gasteiger partial charge in [0.2, 0.25) is 0 Å². The van der Waals surface area contributed by atoms with Crippen molar-refractivity contribution in [2.75, 3.05) is 6.54 Å². The van der Waals surface area contributed by atoms with Gasteiger partial charge in [0.25, 0.3) is 23.4 Å². The number of esters is 1. The Labute approximate surface area is 209 Å². The lowest BCUT2D eigenvalue weighted by molar-refractivity contribution is -0.385. The fourth-order valence-corrected chi connectivity index (χ4v) is 3.77. The van der Waals surface area contributed by atoms with E-state index in [4.69, 9.17) is 9.15 Å². The number of imide groups is 1. The van der Waals surface area contributed by atoms with Crippen LogP contribution in [0.15, 0.2) is 51.7 Å². The third-order valence-corrected chi connectivity index (χ3v) is 5.89. The van der Waals surface area contributed by atoms with Crippen molar-refractivity contribution < 1.29 is 33.3 Å². The van der Waals surface area contributed by atoms with Gasteiger partial charge in [0.05, 0.1) is 16.9 Å². The minimum atomic E-state index is -0.860. The molecule has 4 rings (SSSR count). The molecule has 2 heterocycles. The number of nitro groups is 1. The van der Waals surface area contributed by atoms with E-state index in [1.54, 1.807) is 6.92 Å². The van der Waals surface area contributed by atoms with Gasteiger partial charge in [0.15, 0.2) is 0 Å². The molecule has 12 nitrogen and oxygen atoms in total. The molecule has 0 bridgehead atoms. The van der Waals surface area contributed by atoms with Gasteiger partial charge >= 0.3 is 11.6 Å². The SMILES string of the molecule is CCC(C)NC(=O)c1cc2ccc(OC(=O)CCN3C(=O)c4cccc([N+](=O)[O-])c4C3=O)cc2oc1=O. The highest BCUT2D eigenvalue weighted by atomic mass is 16.6. The van der Waals surface area contributed by atoms with E-state index >= 15 is 0 Å². The Hall–Kier alpha value is -4.87. The molecule has 1 unspecified atom stereocenters. The van der Waals surface area contributed by atoms with Crippen molar-refractivity contribution in [1.29, 1.82) is 0 Å². The maximum atomic E-state index is 12.6. The first-order valence-corrected chi connectivity index (χ1v) is 11.3. The van der Waals surface area contributed by atoms with Crippen LogP contribution in [0.4, 0.5) is 5.69 Å². The predicted octanol–water partition coefficient (Wildman–Crippen LogP) is 2.82. The maximum absolute atomic E-state index is 12.6. The average molecular weight is 507 g/mol. The van der Waals surface area contributed by atoms with Crippen molar-refractivity contribution in [3.63, 3.8) is 0 Å². The lowest BCUT2D eigenvalue weighted by Crippen LogP contribution is -2.34. The number of nitrogens with zero attached hydrogens (tertiary/aromatic N) is 2. The first kappa shape index (κ1) is 25.2. The third kappa shape index (κ3) is 4.94. The molecule has 1 atom stereocenters. The molecule has 0 spiro atoms. The molecule has 0 radical (unpaired) electrons. The highest BCUT2D eigenvalue weighted by molar-refractivity contribution is 6.23. The Bertz CT molecular complexity index is 1530. The minimum absolute atomic E-state index is 0.0375. The van der Waals surface area contributed by atoms with Crippen LogP contribution in [0.5, 0.6) is 5.75 Å². The summed E-state index contributed by atoms with van der Waals surface area (Å²) >= 11 is 0. The van der Waals surface area contributed by atoms with E-state index in [0.717, 1.165) is 11.0 Å². The number of amides is 3. The number of fused-ring (bicyclic) bond motifs is 2. The number of rotatable bonds is 8. The van der Waals surface area contributed by atoms with Crippen molar-refractivity contribution in [1.82, 2.24) is 10.2 Å². The lowest BCUT2D eigenvalue weighted by Gasteiger charge is -2.13. The fraction of sp³-hybridized carbons (Fsp3) is 0.240. The summed E-state index contributed by atoms with van der Waals surface area (Å²) in [5.41, 5.74) is -1.82. The van der Waals surface area contributed by atoms with Gasteiger partial charge in [0.1, 0.15) is 22.5 Å². The van der Waals surface area contributed by atoms with Crippen LogP contribution in [0.1, 0.15) is 57.8 Å². The zero-order chi connectivity index (χ0) is 26.9. The van der Waals surface area contributed by atoms with Gasteiger partial charge in [-0.25, -0.2) is 4.79 Å². The molecule has 0 aliphatic carbocycles. The minimum Gasteiger partial charge on any atom is -0.426 e. The summed E-state index contributed by atoms with van der Waals surface area (Å²) in [7, 11) is 0. The van der Waals surface area contributed by atoms with E-state index in [1.165, 1.54) is 36.4 Å². The van der Waals surface area contributed by atoms with E-state index in [0.29, 0.717) is 11.8 Å². The summed E-state index contributed by atoms with van der Waals surface area (Å²) in [5.74, 6) is -2.91. The molecule has 0 saturated carbocycles. The Morgan fingerprint density at radius 2 is 1.89 bits per heavy atom. The van der Waals surface area contributed by atoms with Crippen LogP contribution in [0.25, 0.3) is 11.0 Å². The first-order chi connectivity index (χ1) is 17.6. The maximum Gasteiger partial charge on any atom is 0.349 e. The lowest BCUT2D eigenvalue weighted by atomic mass is 10.1. The average Bonchev–Trinajstić information content (AvgIpc) is 3.11. The Balaban J connectivity index is 1.44. The molecule has 37 heavy (non-hydrogen) atoms. The molecular formula is C25H21N3O9. The molecule has 1 aliphatic rings. The van der Waals surface area contributed by atoms with Gasteiger partial charge in [-0.2, -0.15) is 0 Å². The number of nitro benzene ring substituents is 1. The van der Waals surface area contributed by atoms with Crippen LogP contribution in [0, 0.1) is 10.1 Å².